The highest BCUT2D eigenvalue weighted by atomic mass is 127. The van der Waals surface area contributed by atoms with Crippen LogP contribution < -0.4 is 5.32 Å². The first-order valence-corrected chi connectivity index (χ1v) is 5.98. The largest absolute Gasteiger partial charge is 0.391 e. The van der Waals surface area contributed by atoms with E-state index in [9.17, 15) is 4.39 Å². The molecular formula is C10H17FIN. The van der Waals surface area contributed by atoms with Gasteiger partial charge in [-0.3, -0.25) is 0 Å². The molecule has 1 aliphatic carbocycles. The third kappa shape index (κ3) is 3.11. The van der Waals surface area contributed by atoms with Gasteiger partial charge in [0.15, 0.2) is 0 Å². The number of nitrogens with one attached hydrogen (secondary N) is 1. The van der Waals surface area contributed by atoms with Crippen molar-refractivity contribution in [3.63, 3.8) is 0 Å². The lowest BCUT2D eigenvalue weighted by molar-refractivity contribution is 0.359. The average molecular weight is 297 g/mol. The molecule has 0 heterocycles. The Morgan fingerprint density at radius 3 is 2.54 bits per heavy atom. The van der Waals surface area contributed by atoms with E-state index < -0.39 is 6.17 Å². The lowest BCUT2D eigenvalue weighted by atomic mass is 10.0. The maximum Gasteiger partial charge on any atom is 0.135 e. The number of alkyl halides is 2. The fourth-order valence-corrected chi connectivity index (χ4v) is 2.90. The third-order valence-corrected chi connectivity index (χ3v) is 3.42. The Bertz CT molecular complexity index is 213. The van der Waals surface area contributed by atoms with Gasteiger partial charge >= 0.3 is 0 Å². The molecule has 0 amide bonds. The highest BCUT2D eigenvalue weighted by Gasteiger charge is 2.33. The van der Waals surface area contributed by atoms with E-state index in [4.69, 9.17) is 0 Å². The predicted molar refractivity (Wildman–Crippen MR) is 62.9 cm³/mol. The first-order chi connectivity index (χ1) is 6.06. The minimum absolute atomic E-state index is 0.137. The molecule has 0 aliphatic heterocycles. The molecule has 0 spiro atoms. The molecule has 1 rings (SSSR count). The molecule has 0 saturated carbocycles. The van der Waals surface area contributed by atoms with E-state index in [1.54, 1.807) is 0 Å². The predicted octanol–water partition coefficient (Wildman–Crippen LogP) is 3.05. The van der Waals surface area contributed by atoms with Crippen LogP contribution in [0.25, 0.3) is 0 Å². The number of allylic oxidation sites excluding steroid dienone is 2. The van der Waals surface area contributed by atoms with Crippen LogP contribution in [0.15, 0.2) is 11.3 Å². The Morgan fingerprint density at radius 1 is 1.54 bits per heavy atom. The van der Waals surface area contributed by atoms with E-state index in [2.05, 4.69) is 41.8 Å². The number of rotatable bonds is 5. The SMILES string of the molecule is CNC1=C(C(F)C(I)CC(C)C)C1. The van der Waals surface area contributed by atoms with Crippen LogP contribution in [-0.4, -0.2) is 17.1 Å². The van der Waals surface area contributed by atoms with Crippen molar-refractivity contribution in [1.82, 2.24) is 5.32 Å². The van der Waals surface area contributed by atoms with Crippen molar-refractivity contribution in [2.24, 2.45) is 5.92 Å². The Labute approximate surface area is 93.3 Å². The van der Waals surface area contributed by atoms with E-state index in [0.29, 0.717) is 5.92 Å². The topological polar surface area (TPSA) is 12.0 Å². The molecule has 0 bridgehead atoms. The zero-order valence-electron chi connectivity index (χ0n) is 8.40. The van der Waals surface area contributed by atoms with Crippen LogP contribution in [0.3, 0.4) is 0 Å². The summed E-state index contributed by atoms with van der Waals surface area (Å²) in [5.41, 5.74) is 2.10. The first-order valence-electron chi connectivity index (χ1n) is 4.74. The lowest BCUT2D eigenvalue weighted by Gasteiger charge is -2.14. The van der Waals surface area contributed by atoms with Crippen LogP contribution in [0.5, 0.6) is 0 Å². The van der Waals surface area contributed by atoms with Crippen molar-refractivity contribution in [3.8, 4) is 0 Å². The third-order valence-electron chi connectivity index (χ3n) is 2.28. The second-order valence-corrected chi connectivity index (χ2v) is 5.58. The number of hydrogen-bond donors (Lipinski definition) is 1. The summed E-state index contributed by atoms with van der Waals surface area (Å²) in [5.74, 6) is 0.581. The molecule has 0 radical (unpaired) electrons. The molecule has 0 saturated heterocycles. The quantitative estimate of drug-likeness (QED) is 0.607. The summed E-state index contributed by atoms with van der Waals surface area (Å²) in [7, 11) is 1.86. The second-order valence-electron chi connectivity index (χ2n) is 3.98. The van der Waals surface area contributed by atoms with Gasteiger partial charge in [0.2, 0.25) is 0 Å². The fraction of sp³-hybridized carbons (Fsp3) is 0.800. The molecule has 3 heteroatoms. The van der Waals surface area contributed by atoms with Crippen LogP contribution in [0.1, 0.15) is 26.7 Å². The van der Waals surface area contributed by atoms with Crippen LogP contribution in [-0.2, 0) is 0 Å². The normalized spacial score (nSPS) is 20.5. The average Bonchev–Trinajstić information content (AvgIpc) is 2.80. The van der Waals surface area contributed by atoms with Crippen molar-refractivity contribution >= 4 is 22.6 Å². The molecule has 0 aromatic heterocycles. The highest BCUT2D eigenvalue weighted by Crippen LogP contribution is 2.37. The van der Waals surface area contributed by atoms with Gasteiger partial charge in [-0.15, -0.1) is 0 Å². The second kappa shape index (κ2) is 4.62. The molecular weight excluding hydrogens is 280 g/mol. The van der Waals surface area contributed by atoms with Crippen molar-refractivity contribution < 1.29 is 4.39 Å². The van der Waals surface area contributed by atoms with Crippen molar-refractivity contribution in [2.45, 2.75) is 36.8 Å². The fourth-order valence-electron chi connectivity index (χ4n) is 1.45. The lowest BCUT2D eigenvalue weighted by Crippen LogP contribution is -2.16. The number of halogens is 2. The Morgan fingerprint density at radius 2 is 2.15 bits per heavy atom. The van der Waals surface area contributed by atoms with E-state index in [-0.39, 0.29) is 3.92 Å². The zero-order chi connectivity index (χ0) is 10.0. The van der Waals surface area contributed by atoms with E-state index in [0.717, 1.165) is 24.1 Å². The molecule has 0 aromatic carbocycles. The first kappa shape index (κ1) is 11.3. The molecule has 0 fully saturated rings. The van der Waals surface area contributed by atoms with Crippen molar-refractivity contribution in [1.29, 1.82) is 0 Å². The van der Waals surface area contributed by atoms with Crippen LogP contribution in [0, 0.1) is 5.92 Å². The Kier molecular flexibility index (Phi) is 4.01. The van der Waals surface area contributed by atoms with Gasteiger partial charge in [0.05, 0.1) is 0 Å². The Hall–Kier alpha value is 0.200. The van der Waals surface area contributed by atoms with Gasteiger partial charge in [-0.1, -0.05) is 36.4 Å². The molecule has 2 atom stereocenters. The molecule has 1 nitrogen and oxygen atoms in total. The number of hydrogen-bond acceptors (Lipinski definition) is 1. The Balaban J connectivity index is 2.40. The van der Waals surface area contributed by atoms with Gasteiger partial charge in [-0.05, 0) is 17.9 Å². The maximum absolute atomic E-state index is 13.7. The van der Waals surface area contributed by atoms with Crippen molar-refractivity contribution in [3.05, 3.63) is 11.3 Å². The summed E-state index contributed by atoms with van der Waals surface area (Å²) in [6, 6.07) is 0. The van der Waals surface area contributed by atoms with Gasteiger partial charge in [0, 0.05) is 23.1 Å². The highest BCUT2D eigenvalue weighted by molar-refractivity contribution is 14.1. The summed E-state index contributed by atoms with van der Waals surface area (Å²) < 4.78 is 13.8. The van der Waals surface area contributed by atoms with Gasteiger partial charge in [0.25, 0.3) is 0 Å². The van der Waals surface area contributed by atoms with Crippen LogP contribution >= 0.6 is 22.6 Å². The molecule has 0 aromatic rings. The van der Waals surface area contributed by atoms with Crippen molar-refractivity contribution in [2.75, 3.05) is 7.05 Å². The minimum Gasteiger partial charge on any atom is -0.391 e. The summed E-state index contributed by atoms with van der Waals surface area (Å²) in [6.07, 6.45) is 1.09. The minimum atomic E-state index is -0.731. The summed E-state index contributed by atoms with van der Waals surface area (Å²) in [6.45, 7) is 4.28. The zero-order valence-corrected chi connectivity index (χ0v) is 10.6. The summed E-state index contributed by atoms with van der Waals surface area (Å²) in [5, 5.41) is 3.01. The standard InChI is InChI=1S/C10H17FIN/c1-6(2)4-8(12)10(11)7-5-9(7)13-3/h6,8,10,13H,4-5H2,1-3H3. The van der Waals surface area contributed by atoms with Crippen LogP contribution in [0.4, 0.5) is 4.39 Å². The summed E-state index contributed by atoms with van der Waals surface area (Å²) >= 11 is 2.23. The molecule has 13 heavy (non-hydrogen) atoms. The van der Waals surface area contributed by atoms with E-state index >= 15 is 0 Å². The van der Waals surface area contributed by atoms with Gasteiger partial charge in [0.1, 0.15) is 6.17 Å². The maximum atomic E-state index is 13.7. The molecule has 76 valence electrons. The molecule has 1 aliphatic rings. The van der Waals surface area contributed by atoms with Gasteiger partial charge in [-0.2, -0.15) is 0 Å². The monoisotopic (exact) mass is 297 g/mol. The van der Waals surface area contributed by atoms with Gasteiger partial charge < -0.3 is 5.32 Å². The smallest absolute Gasteiger partial charge is 0.135 e. The summed E-state index contributed by atoms with van der Waals surface area (Å²) in [4.78, 5) is 0. The molecule has 2 unspecified atom stereocenters. The van der Waals surface area contributed by atoms with Crippen LogP contribution in [0.2, 0.25) is 0 Å². The van der Waals surface area contributed by atoms with E-state index in [1.807, 2.05) is 7.05 Å². The van der Waals surface area contributed by atoms with Gasteiger partial charge in [-0.25, -0.2) is 4.39 Å². The van der Waals surface area contributed by atoms with E-state index in [1.165, 1.54) is 0 Å². The molecule has 1 N–H and O–H groups in total.